The van der Waals surface area contributed by atoms with Crippen LogP contribution >= 0.6 is 11.6 Å². The van der Waals surface area contributed by atoms with Crippen molar-refractivity contribution >= 4 is 11.6 Å². The van der Waals surface area contributed by atoms with E-state index in [2.05, 4.69) is 4.90 Å². The molecular weight excluding hydrogens is 287 g/mol. The number of nitrogens with zero attached hydrogens (tertiary/aromatic N) is 1. The highest BCUT2D eigenvalue weighted by molar-refractivity contribution is 6.30. The predicted octanol–water partition coefficient (Wildman–Crippen LogP) is 4.13. The highest BCUT2D eigenvalue weighted by Gasteiger charge is 2.37. The second-order valence-electron chi connectivity index (χ2n) is 6.41. The zero-order valence-electron chi connectivity index (χ0n) is 12.4. The molecule has 116 valence electrons. The van der Waals surface area contributed by atoms with Crippen LogP contribution in [0.1, 0.15) is 50.1 Å². The summed E-state index contributed by atoms with van der Waals surface area (Å²) in [7, 11) is 0. The predicted molar refractivity (Wildman–Crippen MR) is 84.9 cm³/mol. The van der Waals surface area contributed by atoms with Crippen molar-refractivity contribution in [3.05, 3.63) is 34.6 Å². The van der Waals surface area contributed by atoms with Crippen molar-refractivity contribution in [2.24, 2.45) is 11.7 Å². The standard InChI is InChI=1S/C17H24ClFN2/c18-13-7-8-15(19)14(10-13)17(11-20)21-9-3-6-16(21)12-4-1-2-5-12/h7-8,10,12,16-17H,1-6,9,11,20H2. The van der Waals surface area contributed by atoms with Gasteiger partial charge in [-0.05, 0) is 56.3 Å². The normalized spacial score (nSPS) is 25.6. The van der Waals surface area contributed by atoms with Gasteiger partial charge in [-0.25, -0.2) is 4.39 Å². The molecule has 2 unspecified atom stereocenters. The van der Waals surface area contributed by atoms with Crippen LogP contribution in [-0.2, 0) is 0 Å². The van der Waals surface area contributed by atoms with Gasteiger partial charge in [-0.3, -0.25) is 4.90 Å². The Morgan fingerprint density at radius 3 is 2.71 bits per heavy atom. The molecule has 0 aromatic heterocycles. The summed E-state index contributed by atoms with van der Waals surface area (Å²) in [6.45, 7) is 1.47. The van der Waals surface area contributed by atoms with Gasteiger partial charge in [0.15, 0.2) is 0 Å². The van der Waals surface area contributed by atoms with Gasteiger partial charge in [-0.15, -0.1) is 0 Å². The summed E-state index contributed by atoms with van der Waals surface area (Å²) in [5.41, 5.74) is 6.68. The quantitative estimate of drug-likeness (QED) is 0.906. The Morgan fingerprint density at radius 2 is 2.00 bits per heavy atom. The summed E-state index contributed by atoms with van der Waals surface area (Å²) in [6.07, 6.45) is 7.73. The highest BCUT2D eigenvalue weighted by Crippen LogP contribution is 2.39. The first-order valence-corrected chi connectivity index (χ1v) is 8.49. The molecule has 2 fully saturated rings. The number of rotatable bonds is 4. The van der Waals surface area contributed by atoms with E-state index in [-0.39, 0.29) is 11.9 Å². The third kappa shape index (κ3) is 3.10. The van der Waals surface area contributed by atoms with Crippen LogP contribution in [-0.4, -0.2) is 24.0 Å². The smallest absolute Gasteiger partial charge is 0.128 e. The lowest BCUT2D eigenvalue weighted by molar-refractivity contribution is 0.136. The maximum Gasteiger partial charge on any atom is 0.128 e. The van der Waals surface area contributed by atoms with Crippen LogP contribution in [0.3, 0.4) is 0 Å². The van der Waals surface area contributed by atoms with Gasteiger partial charge in [0.25, 0.3) is 0 Å². The number of nitrogens with two attached hydrogens (primary N) is 1. The van der Waals surface area contributed by atoms with Crippen molar-refractivity contribution < 1.29 is 4.39 Å². The molecule has 0 spiro atoms. The second-order valence-corrected chi connectivity index (χ2v) is 6.85. The molecular formula is C17H24ClFN2. The number of hydrogen-bond acceptors (Lipinski definition) is 2. The second kappa shape index (κ2) is 6.64. The summed E-state index contributed by atoms with van der Waals surface area (Å²) in [5, 5.41) is 0.585. The van der Waals surface area contributed by atoms with Crippen molar-refractivity contribution in [1.29, 1.82) is 0 Å². The van der Waals surface area contributed by atoms with E-state index in [1.54, 1.807) is 12.1 Å². The number of likely N-dealkylation sites (tertiary alicyclic amines) is 1. The summed E-state index contributed by atoms with van der Waals surface area (Å²) < 4.78 is 14.2. The lowest BCUT2D eigenvalue weighted by atomic mass is 9.94. The van der Waals surface area contributed by atoms with Crippen molar-refractivity contribution in [1.82, 2.24) is 4.90 Å². The van der Waals surface area contributed by atoms with E-state index < -0.39 is 0 Å². The molecule has 1 aliphatic heterocycles. The van der Waals surface area contributed by atoms with Crippen LogP contribution in [0.2, 0.25) is 5.02 Å². The molecule has 2 nitrogen and oxygen atoms in total. The zero-order valence-corrected chi connectivity index (χ0v) is 13.2. The monoisotopic (exact) mass is 310 g/mol. The molecule has 2 atom stereocenters. The van der Waals surface area contributed by atoms with Crippen LogP contribution in [0.15, 0.2) is 18.2 Å². The van der Waals surface area contributed by atoms with E-state index in [1.807, 2.05) is 0 Å². The third-order valence-electron chi connectivity index (χ3n) is 5.23. The lowest BCUT2D eigenvalue weighted by Gasteiger charge is -2.36. The topological polar surface area (TPSA) is 29.3 Å². The summed E-state index contributed by atoms with van der Waals surface area (Å²) in [5.74, 6) is 0.579. The fourth-order valence-electron chi connectivity index (χ4n) is 4.26. The number of benzene rings is 1. The third-order valence-corrected chi connectivity index (χ3v) is 5.46. The number of hydrogen-bond donors (Lipinski definition) is 1. The largest absolute Gasteiger partial charge is 0.329 e. The SMILES string of the molecule is NCC(c1cc(Cl)ccc1F)N1CCCC1C1CCCC1. The van der Waals surface area contributed by atoms with Crippen molar-refractivity contribution in [2.45, 2.75) is 50.6 Å². The fourth-order valence-corrected chi connectivity index (χ4v) is 4.44. The molecule has 1 aromatic carbocycles. The molecule has 1 heterocycles. The Balaban J connectivity index is 1.86. The minimum absolute atomic E-state index is 0.0446. The fraction of sp³-hybridized carbons (Fsp3) is 0.647. The van der Waals surface area contributed by atoms with Gasteiger partial charge in [0, 0.05) is 23.2 Å². The van der Waals surface area contributed by atoms with E-state index >= 15 is 0 Å². The maximum atomic E-state index is 14.2. The van der Waals surface area contributed by atoms with Gasteiger partial charge < -0.3 is 5.73 Å². The van der Waals surface area contributed by atoms with Crippen molar-refractivity contribution in [2.75, 3.05) is 13.1 Å². The van der Waals surface area contributed by atoms with Crippen LogP contribution < -0.4 is 5.73 Å². The maximum absolute atomic E-state index is 14.2. The van der Waals surface area contributed by atoms with E-state index in [0.717, 1.165) is 12.5 Å². The van der Waals surface area contributed by atoms with E-state index in [1.165, 1.54) is 44.6 Å². The average Bonchev–Trinajstić information content (AvgIpc) is 3.14. The van der Waals surface area contributed by atoms with Crippen molar-refractivity contribution in [3.63, 3.8) is 0 Å². The molecule has 0 amide bonds. The van der Waals surface area contributed by atoms with E-state index in [9.17, 15) is 4.39 Å². The first-order valence-electron chi connectivity index (χ1n) is 8.11. The van der Waals surface area contributed by atoms with Gasteiger partial charge in [0.05, 0.1) is 6.04 Å². The molecule has 1 aromatic rings. The first-order chi connectivity index (χ1) is 10.2. The summed E-state index contributed by atoms with van der Waals surface area (Å²) in [6, 6.07) is 5.34. The van der Waals surface area contributed by atoms with E-state index in [4.69, 9.17) is 17.3 Å². The Labute approximate surface area is 131 Å². The molecule has 21 heavy (non-hydrogen) atoms. The molecule has 3 rings (SSSR count). The Bertz CT molecular complexity index is 488. The molecule has 2 N–H and O–H groups in total. The molecule has 1 saturated carbocycles. The average molecular weight is 311 g/mol. The first kappa shape index (κ1) is 15.3. The summed E-state index contributed by atoms with van der Waals surface area (Å²) in [4.78, 5) is 2.45. The highest BCUT2D eigenvalue weighted by atomic mass is 35.5. The number of halogens is 2. The van der Waals surface area contributed by atoms with Crippen LogP contribution in [0.5, 0.6) is 0 Å². The Kier molecular flexibility index (Phi) is 4.82. The molecule has 1 saturated heterocycles. The molecule has 0 bridgehead atoms. The minimum Gasteiger partial charge on any atom is -0.329 e. The van der Waals surface area contributed by atoms with Crippen molar-refractivity contribution in [3.8, 4) is 0 Å². The molecule has 1 aliphatic carbocycles. The lowest BCUT2D eigenvalue weighted by Crippen LogP contribution is -2.41. The van der Waals surface area contributed by atoms with Crippen LogP contribution in [0, 0.1) is 11.7 Å². The molecule has 0 radical (unpaired) electrons. The Hall–Kier alpha value is -0.640. The molecule has 4 heteroatoms. The van der Waals surface area contributed by atoms with Gasteiger partial charge >= 0.3 is 0 Å². The van der Waals surface area contributed by atoms with Gasteiger partial charge in [0.1, 0.15) is 5.82 Å². The summed E-state index contributed by atoms with van der Waals surface area (Å²) >= 11 is 6.06. The van der Waals surface area contributed by atoms with Gasteiger partial charge in [-0.1, -0.05) is 24.4 Å². The van der Waals surface area contributed by atoms with Crippen LogP contribution in [0.25, 0.3) is 0 Å². The zero-order chi connectivity index (χ0) is 14.8. The Morgan fingerprint density at radius 1 is 1.24 bits per heavy atom. The molecule has 2 aliphatic rings. The van der Waals surface area contributed by atoms with Crippen LogP contribution in [0.4, 0.5) is 4.39 Å². The van der Waals surface area contributed by atoms with Gasteiger partial charge in [-0.2, -0.15) is 0 Å². The van der Waals surface area contributed by atoms with E-state index in [0.29, 0.717) is 23.2 Å². The van der Waals surface area contributed by atoms with Gasteiger partial charge in [0.2, 0.25) is 0 Å². The minimum atomic E-state index is -0.188.